The fourth-order valence-corrected chi connectivity index (χ4v) is 6.31. The summed E-state index contributed by atoms with van der Waals surface area (Å²) in [5, 5.41) is 0.467. The van der Waals surface area contributed by atoms with Crippen molar-refractivity contribution in [1.29, 1.82) is 0 Å². The van der Waals surface area contributed by atoms with Crippen LogP contribution in [0.2, 0.25) is 5.02 Å². The molecule has 9 nitrogen and oxygen atoms in total. The number of halogens is 1. The summed E-state index contributed by atoms with van der Waals surface area (Å²) in [6, 6.07) is 2.51. The van der Waals surface area contributed by atoms with Crippen molar-refractivity contribution in [3.8, 4) is 5.88 Å². The highest BCUT2D eigenvalue weighted by Crippen LogP contribution is 2.38. The minimum atomic E-state index is -0.802. The summed E-state index contributed by atoms with van der Waals surface area (Å²) in [5.41, 5.74) is -0.730. The number of rotatable bonds is 13. The number of carbonyl (C=O) groups excluding carboxylic acids is 4. The Morgan fingerprint density at radius 3 is 2.34 bits per heavy atom. The monoisotopic (exact) mass is 627 g/mol. The van der Waals surface area contributed by atoms with E-state index in [1.54, 1.807) is 17.0 Å². The van der Waals surface area contributed by atoms with Gasteiger partial charge in [-0.25, -0.2) is 9.97 Å². The van der Waals surface area contributed by atoms with Crippen LogP contribution in [0.25, 0.3) is 0 Å². The molecule has 3 heterocycles. The minimum absolute atomic E-state index is 0.00154. The molecule has 0 radical (unpaired) electrons. The molecular formula is C34H46ClN3O6. The fourth-order valence-electron chi connectivity index (χ4n) is 6.20. The second-order valence-corrected chi connectivity index (χ2v) is 15.2. The SMILES string of the molecule is CC(C)(C)CC(=O)C[C@H](C(=O)N1C[C@H](Oc2ccc(Cl)cn2)C[C@H]1C(=O)CC(CC1CCC1)C(=O)c1ncco1)C(C)(C)C. The van der Waals surface area contributed by atoms with E-state index in [1.165, 1.54) is 18.7 Å². The highest BCUT2D eigenvalue weighted by molar-refractivity contribution is 6.30. The number of aromatic nitrogens is 2. The molecule has 1 amide bonds. The number of carbonyl (C=O) groups is 4. The topological polar surface area (TPSA) is 120 Å². The number of ether oxygens (including phenoxy) is 1. The quantitative estimate of drug-likeness (QED) is 0.223. The zero-order chi connectivity index (χ0) is 32.2. The largest absolute Gasteiger partial charge is 0.472 e. The van der Waals surface area contributed by atoms with E-state index in [4.69, 9.17) is 20.8 Å². The third-order valence-electron chi connectivity index (χ3n) is 8.71. The third-order valence-corrected chi connectivity index (χ3v) is 8.94. The molecule has 1 aliphatic carbocycles. The van der Waals surface area contributed by atoms with Gasteiger partial charge in [-0.1, -0.05) is 72.4 Å². The first kappa shape index (κ1) is 33.8. The maximum absolute atomic E-state index is 14.3. The van der Waals surface area contributed by atoms with Crippen LogP contribution in [-0.4, -0.2) is 56.8 Å². The Balaban J connectivity index is 1.59. The Morgan fingerprint density at radius 2 is 1.80 bits per heavy atom. The Kier molecular flexibility index (Phi) is 10.7. The maximum Gasteiger partial charge on any atom is 0.263 e. The number of Topliss-reactive ketones (excluding diaryl/α,β-unsaturated/α-hetero) is 3. The van der Waals surface area contributed by atoms with Crippen molar-refractivity contribution in [3.63, 3.8) is 0 Å². The normalized spacial score (nSPS) is 20.6. The minimum Gasteiger partial charge on any atom is -0.472 e. The van der Waals surface area contributed by atoms with Crippen LogP contribution in [0.15, 0.2) is 35.2 Å². The van der Waals surface area contributed by atoms with Gasteiger partial charge in [-0.2, -0.15) is 0 Å². The fraction of sp³-hybridized carbons (Fsp3) is 0.647. The molecule has 0 bridgehead atoms. The number of amides is 1. The van der Waals surface area contributed by atoms with Crippen LogP contribution in [0.1, 0.15) is 104 Å². The maximum atomic E-state index is 14.3. The molecule has 0 aromatic carbocycles. The Hall–Kier alpha value is -3.07. The van der Waals surface area contributed by atoms with E-state index in [-0.39, 0.29) is 60.4 Å². The lowest BCUT2D eigenvalue weighted by molar-refractivity contribution is -0.146. The van der Waals surface area contributed by atoms with Gasteiger partial charge in [0.2, 0.25) is 17.6 Å². The van der Waals surface area contributed by atoms with E-state index in [1.807, 2.05) is 41.5 Å². The van der Waals surface area contributed by atoms with E-state index < -0.39 is 29.4 Å². The molecule has 0 N–H and O–H groups in total. The van der Waals surface area contributed by atoms with Gasteiger partial charge in [0, 0.05) is 49.8 Å². The molecular weight excluding hydrogens is 582 g/mol. The molecule has 4 rings (SSSR count). The average Bonchev–Trinajstić information content (AvgIpc) is 3.58. The number of ketones is 3. The van der Waals surface area contributed by atoms with Gasteiger partial charge >= 0.3 is 0 Å². The van der Waals surface area contributed by atoms with Gasteiger partial charge in [0.25, 0.3) is 5.89 Å². The van der Waals surface area contributed by atoms with Crippen molar-refractivity contribution in [2.24, 2.45) is 28.6 Å². The number of pyridine rings is 1. The van der Waals surface area contributed by atoms with E-state index in [2.05, 4.69) is 9.97 Å². The van der Waals surface area contributed by atoms with Crippen molar-refractivity contribution in [1.82, 2.24) is 14.9 Å². The lowest BCUT2D eigenvalue weighted by Gasteiger charge is -2.35. The predicted molar refractivity (Wildman–Crippen MR) is 166 cm³/mol. The van der Waals surface area contributed by atoms with Gasteiger partial charge in [0.05, 0.1) is 23.8 Å². The summed E-state index contributed by atoms with van der Waals surface area (Å²) in [4.78, 5) is 64.8. The zero-order valence-corrected chi connectivity index (χ0v) is 27.6. The van der Waals surface area contributed by atoms with Crippen molar-refractivity contribution in [2.75, 3.05) is 6.54 Å². The number of nitrogens with zero attached hydrogens (tertiary/aromatic N) is 3. The van der Waals surface area contributed by atoms with Gasteiger partial charge in [0.15, 0.2) is 5.78 Å². The smallest absolute Gasteiger partial charge is 0.263 e. The van der Waals surface area contributed by atoms with Gasteiger partial charge in [-0.3, -0.25) is 19.2 Å². The number of hydrogen-bond acceptors (Lipinski definition) is 8. The van der Waals surface area contributed by atoms with Crippen LogP contribution < -0.4 is 4.74 Å². The molecule has 2 aromatic rings. The second-order valence-electron chi connectivity index (χ2n) is 14.8. The van der Waals surface area contributed by atoms with Gasteiger partial charge in [-0.15, -0.1) is 0 Å². The number of hydrogen-bond donors (Lipinski definition) is 0. The molecule has 2 aromatic heterocycles. The summed E-state index contributed by atoms with van der Waals surface area (Å²) in [6.45, 7) is 12.0. The van der Waals surface area contributed by atoms with E-state index in [0.717, 1.165) is 19.3 Å². The Morgan fingerprint density at radius 1 is 1.07 bits per heavy atom. The van der Waals surface area contributed by atoms with Gasteiger partial charge in [0.1, 0.15) is 18.2 Å². The summed E-state index contributed by atoms with van der Waals surface area (Å²) >= 11 is 6.00. The average molecular weight is 628 g/mol. The standard InChI is InChI=1S/C34H46ClN3O6/c1-33(2,3)18-24(39)16-26(34(4,5)6)32(42)38-20-25(44-29-11-10-23(35)19-37-29)17-27(38)28(40)15-22(14-21-8-7-9-21)30(41)31-36-12-13-43-31/h10-13,19,21-22,25-27H,7-9,14-18,20H2,1-6H3/t22?,25-,26-,27+/m1/s1. The first-order valence-electron chi connectivity index (χ1n) is 15.7. The van der Waals surface area contributed by atoms with E-state index in [9.17, 15) is 19.2 Å². The Bertz CT molecular complexity index is 1310. The van der Waals surface area contributed by atoms with E-state index in [0.29, 0.717) is 29.7 Å². The summed E-state index contributed by atoms with van der Waals surface area (Å²) in [7, 11) is 0. The van der Waals surface area contributed by atoms with Crippen molar-refractivity contribution in [3.05, 3.63) is 41.7 Å². The first-order chi connectivity index (χ1) is 20.6. The molecule has 0 spiro atoms. The molecule has 2 aliphatic rings. The van der Waals surface area contributed by atoms with Crippen LogP contribution >= 0.6 is 11.6 Å². The number of likely N-dealkylation sites (tertiary alicyclic amines) is 1. The zero-order valence-electron chi connectivity index (χ0n) is 26.8. The summed E-state index contributed by atoms with van der Waals surface area (Å²) < 4.78 is 11.4. The molecule has 240 valence electrons. The summed E-state index contributed by atoms with van der Waals surface area (Å²) in [6.07, 6.45) is 8.18. The highest BCUT2D eigenvalue weighted by atomic mass is 35.5. The van der Waals surface area contributed by atoms with E-state index >= 15 is 0 Å². The Labute approximate surface area is 265 Å². The second kappa shape index (κ2) is 13.9. The molecule has 4 atom stereocenters. The molecule has 1 saturated heterocycles. The lowest BCUT2D eigenvalue weighted by atomic mass is 9.75. The summed E-state index contributed by atoms with van der Waals surface area (Å²) in [5.74, 6) is -1.22. The number of oxazole rings is 1. The molecule has 1 unspecified atom stereocenters. The lowest BCUT2D eigenvalue weighted by Crippen LogP contribution is -2.48. The van der Waals surface area contributed by atoms with Crippen LogP contribution in [0, 0.1) is 28.6 Å². The van der Waals surface area contributed by atoms with Gasteiger partial charge in [-0.05, 0) is 29.2 Å². The molecule has 10 heteroatoms. The van der Waals surface area contributed by atoms with Crippen LogP contribution in [0.5, 0.6) is 5.88 Å². The highest BCUT2D eigenvalue weighted by Gasteiger charge is 2.46. The first-order valence-corrected chi connectivity index (χ1v) is 16.1. The van der Waals surface area contributed by atoms with Crippen molar-refractivity contribution >= 4 is 34.9 Å². The van der Waals surface area contributed by atoms with Gasteiger partial charge < -0.3 is 14.1 Å². The third kappa shape index (κ3) is 8.99. The van der Waals surface area contributed by atoms with Crippen LogP contribution in [-0.2, 0) is 14.4 Å². The van der Waals surface area contributed by atoms with Crippen LogP contribution in [0.4, 0.5) is 0 Å². The van der Waals surface area contributed by atoms with Crippen molar-refractivity contribution < 1.29 is 28.3 Å². The van der Waals surface area contributed by atoms with Crippen molar-refractivity contribution in [2.45, 2.75) is 105 Å². The predicted octanol–water partition coefficient (Wildman–Crippen LogP) is 6.78. The van der Waals surface area contributed by atoms with Crippen LogP contribution in [0.3, 0.4) is 0 Å². The molecule has 1 aliphatic heterocycles. The molecule has 2 fully saturated rings. The molecule has 44 heavy (non-hydrogen) atoms. The molecule has 1 saturated carbocycles.